The SMILES string of the molecule is c1coc(CNc2ncc3c(n2)CCNC3)c1. The van der Waals surface area contributed by atoms with Crippen molar-refractivity contribution in [1.29, 1.82) is 0 Å². The van der Waals surface area contributed by atoms with Crippen LogP contribution in [0.1, 0.15) is 17.0 Å². The van der Waals surface area contributed by atoms with Crippen LogP contribution < -0.4 is 10.6 Å². The van der Waals surface area contributed by atoms with Gasteiger partial charge in [0.2, 0.25) is 5.95 Å². The van der Waals surface area contributed by atoms with Crippen LogP contribution in [-0.2, 0) is 19.5 Å². The molecule has 0 aromatic carbocycles. The molecular weight excluding hydrogens is 216 g/mol. The molecule has 0 fully saturated rings. The lowest BCUT2D eigenvalue weighted by atomic mass is 10.1. The summed E-state index contributed by atoms with van der Waals surface area (Å²) in [4.78, 5) is 8.80. The average molecular weight is 230 g/mol. The van der Waals surface area contributed by atoms with Gasteiger partial charge in [-0.2, -0.15) is 0 Å². The van der Waals surface area contributed by atoms with Gasteiger partial charge in [0.05, 0.1) is 18.5 Å². The van der Waals surface area contributed by atoms with Crippen molar-refractivity contribution in [3.63, 3.8) is 0 Å². The van der Waals surface area contributed by atoms with Crippen LogP contribution in [0.2, 0.25) is 0 Å². The largest absolute Gasteiger partial charge is 0.467 e. The van der Waals surface area contributed by atoms with Gasteiger partial charge in [-0.25, -0.2) is 9.97 Å². The summed E-state index contributed by atoms with van der Waals surface area (Å²) in [5.74, 6) is 1.55. The Labute approximate surface area is 99.3 Å². The number of rotatable bonds is 3. The molecule has 0 aliphatic carbocycles. The lowest BCUT2D eigenvalue weighted by Crippen LogP contribution is -2.25. The summed E-state index contributed by atoms with van der Waals surface area (Å²) in [6.45, 7) is 2.47. The standard InChI is InChI=1S/C12H14N4O/c1-2-10(17-5-1)8-15-12-14-7-9-6-13-4-3-11(9)16-12/h1-2,5,7,13H,3-4,6,8H2,(H,14,15,16). The maximum Gasteiger partial charge on any atom is 0.223 e. The van der Waals surface area contributed by atoms with Crippen molar-refractivity contribution in [2.75, 3.05) is 11.9 Å². The van der Waals surface area contributed by atoms with Gasteiger partial charge in [-0.15, -0.1) is 0 Å². The van der Waals surface area contributed by atoms with E-state index in [0.717, 1.165) is 31.0 Å². The second-order valence-corrected chi connectivity index (χ2v) is 4.03. The molecule has 0 saturated carbocycles. The molecule has 3 rings (SSSR count). The van der Waals surface area contributed by atoms with E-state index in [0.29, 0.717) is 12.5 Å². The van der Waals surface area contributed by atoms with Gasteiger partial charge in [-0.05, 0) is 12.1 Å². The molecule has 0 spiro atoms. The van der Waals surface area contributed by atoms with E-state index in [1.165, 1.54) is 5.56 Å². The second kappa shape index (κ2) is 4.55. The summed E-state index contributed by atoms with van der Waals surface area (Å²) >= 11 is 0. The van der Waals surface area contributed by atoms with Crippen molar-refractivity contribution in [2.24, 2.45) is 0 Å². The van der Waals surface area contributed by atoms with Crippen LogP contribution in [0.4, 0.5) is 5.95 Å². The van der Waals surface area contributed by atoms with Crippen molar-refractivity contribution in [3.05, 3.63) is 41.6 Å². The molecule has 0 atom stereocenters. The van der Waals surface area contributed by atoms with E-state index < -0.39 is 0 Å². The third kappa shape index (κ3) is 2.29. The summed E-state index contributed by atoms with van der Waals surface area (Å²) < 4.78 is 5.24. The molecular formula is C12H14N4O. The zero-order valence-corrected chi connectivity index (χ0v) is 9.44. The molecule has 0 unspecified atom stereocenters. The van der Waals surface area contributed by atoms with Gasteiger partial charge in [-0.3, -0.25) is 0 Å². The molecule has 2 aromatic heterocycles. The maximum atomic E-state index is 5.24. The van der Waals surface area contributed by atoms with Crippen LogP contribution in [0.5, 0.6) is 0 Å². The number of furan rings is 1. The first-order valence-electron chi connectivity index (χ1n) is 5.73. The van der Waals surface area contributed by atoms with E-state index in [4.69, 9.17) is 4.42 Å². The highest BCUT2D eigenvalue weighted by Gasteiger charge is 2.11. The smallest absolute Gasteiger partial charge is 0.223 e. The highest BCUT2D eigenvalue weighted by Crippen LogP contribution is 2.12. The van der Waals surface area contributed by atoms with E-state index in [1.807, 2.05) is 18.3 Å². The monoisotopic (exact) mass is 230 g/mol. The minimum atomic E-state index is 0.615. The fourth-order valence-corrected chi connectivity index (χ4v) is 1.90. The first kappa shape index (κ1) is 10.3. The van der Waals surface area contributed by atoms with Crippen molar-refractivity contribution in [2.45, 2.75) is 19.5 Å². The number of nitrogens with zero attached hydrogens (tertiary/aromatic N) is 2. The van der Waals surface area contributed by atoms with Gasteiger partial charge in [0.15, 0.2) is 0 Å². The summed E-state index contributed by atoms with van der Waals surface area (Å²) in [6.07, 6.45) is 4.52. The summed E-state index contributed by atoms with van der Waals surface area (Å²) in [5, 5.41) is 6.46. The molecule has 0 saturated heterocycles. The number of hydrogen-bond acceptors (Lipinski definition) is 5. The fraction of sp³-hybridized carbons (Fsp3) is 0.333. The van der Waals surface area contributed by atoms with E-state index in [1.54, 1.807) is 6.26 Å². The van der Waals surface area contributed by atoms with Gasteiger partial charge in [-0.1, -0.05) is 0 Å². The normalized spacial score (nSPS) is 14.4. The molecule has 17 heavy (non-hydrogen) atoms. The Morgan fingerprint density at radius 2 is 2.47 bits per heavy atom. The molecule has 5 nitrogen and oxygen atoms in total. The number of anilines is 1. The second-order valence-electron chi connectivity index (χ2n) is 4.03. The zero-order chi connectivity index (χ0) is 11.5. The van der Waals surface area contributed by atoms with E-state index in [2.05, 4.69) is 20.6 Å². The van der Waals surface area contributed by atoms with Gasteiger partial charge >= 0.3 is 0 Å². The topological polar surface area (TPSA) is 63.0 Å². The molecule has 5 heteroatoms. The molecule has 2 N–H and O–H groups in total. The van der Waals surface area contributed by atoms with Gasteiger partial charge in [0.25, 0.3) is 0 Å². The van der Waals surface area contributed by atoms with Crippen LogP contribution in [0.25, 0.3) is 0 Å². The lowest BCUT2D eigenvalue weighted by Gasteiger charge is -2.16. The summed E-state index contributed by atoms with van der Waals surface area (Å²) in [6, 6.07) is 3.80. The van der Waals surface area contributed by atoms with Crippen molar-refractivity contribution < 1.29 is 4.42 Å². The molecule has 0 amide bonds. The van der Waals surface area contributed by atoms with Crippen molar-refractivity contribution in [3.8, 4) is 0 Å². The Morgan fingerprint density at radius 1 is 1.47 bits per heavy atom. The zero-order valence-electron chi connectivity index (χ0n) is 9.44. The van der Waals surface area contributed by atoms with Crippen LogP contribution in [0.15, 0.2) is 29.0 Å². The molecule has 0 bridgehead atoms. The number of nitrogens with one attached hydrogen (secondary N) is 2. The Hall–Kier alpha value is -1.88. The predicted molar refractivity (Wildman–Crippen MR) is 63.5 cm³/mol. The maximum absolute atomic E-state index is 5.24. The Bertz CT molecular complexity index is 495. The lowest BCUT2D eigenvalue weighted by molar-refractivity contribution is 0.517. The highest BCUT2D eigenvalue weighted by molar-refractivity contribution is 5.31. The Morgan fingerprint density at radius 3 is 3.35 bits per heavy atom. The molecule has 0 radical (unpaired) electrons. The first-order valence-corrected chi connectivity index (χ1v) is 5.73. The number of aromatic nitrogens is 2. The fourth-order valence-electron chi connectivity index (χ4n) is 1.90. The number of fused-ring (bicyclic) bond motifs is 1. The Balaban J connectivity index is 1.71. The third-order valence-corrected chi connectivity index (χ3v) is 2.81. The van der Waals surface area contributed by atoms with Crippen molar-refractivity contribution in [1.82, 2.24) is 15.3 Å². The van der Waals surface area contributed by atoms with E-state index in [-0.39, 0.29) is 0 Å². The quantitative estimate of drug-likeness (QED) is 0.832. The highest BCUT2D eigenvalue weighted by atomic mass is 16.3. The minimum Gasteiger partial charge on any atom is -0.467 e. The van der Waals surface area contributed by atoms with Crippen LogP contribution in [-0.4, -0.2) is 16.5 Å². The summed E-state index contributed by atoms with van der Waals surface area (Å²) in [5.41, 5.74) is 2.33. The van der Waals surface area contributed by atoms with Gasteiger partial charge in [0.1, 0.15) is 5.76 Å². The molecule has 3 heterocycles. The van der Waals surface area contributed by atoms with Crippen LogP contribution >= 0.6 is 0 Å². The predicted octanol–water partition coefficient (Wildman–Crippen LogP) is 1.33. The minimum absolute atomic E-state index is 0.615. The van der Waals surface area contributed by atoms with E-state index >= 15 is 0 Å². The Kier molecular flexibility index (Phi) is 2.75. The average Bonchev–Trinajstić information content (AvgIpc) is 2.89. The van der Waals surface area contributed by atoms with Crippen LogP contribution in [0.3, 0.4) is 0 Å². The van der Waals surface area contributed by atoms with Gasteiger partial charge < -0.3 is 15.1 Å². The van der Waals surface area contributed by atoms with Gasteiger partial charge in [0, 0.05) is 31.3 Å². The number of hydrogen-bond donors (Lipinski definition) is 2. The van der Waals surface area contributed by atoms with E-state index in [9.17, 15) is 0 Å². The van der Waals surface area contributed by atoms with Crippen LogP contribution in [0, 0.1) is 0 Å². The third-order valence-electron chi connectivity index (χ3n) is 2.81. The molecule has 88 valence electrons. The first-order chi connectivity index (χ1) is 8.42. The molecule has 1 aliphatic heterocycles. The summed E-state index contributed by atoms with van der Waals surface area (Å²) in [7, 11) is 0. The van der Waals surface area contributed by atoms with Crippen molar-refractivity contribution >= 4 is 5.95 Å². The molecule has 1 aliphatic rings. The molecule has 2 aromatic rings.